The Morgan fingerprint density at radius 1 is 0.478 bits per heavy atom. The highest BCUT2D eigenvalue weighted by molar-refractivity contribution is 7.45. The van der Waals surface area contributed by atoms with Gasteiger partial charge in [0.25, 0.3) is 7.82 Å². The van der Waals surface area contributed by atoms with E-state index in [1.807, 2.05) is 21.1 Å². The van der Waals surface area contributed by atoms with Crippen LogP contribution in [0.15, 0.2) is 60.8 Å². The standard InChI is InChI=1S/C58H108NO7P/c1-6-8-10-12-14-16-18-20-22-24-26-27-28-29-30-31-32-34-36-38-40-42-44-46-48-50-53-63-55-57(56-65-67(61,62)64-54-52-59(3,4)5)66-58(60)51-49-47-45-43-41-39-37-35-33-25-23-21-19-17-15-13-11-9-7-2/h8,10,14,16,20,22,26-27,29-30,57H,6-7,9,11-13,15,17-19,21,23-25,28,31-56H2,1-5H3/b10-8-,16-14-,22-20-,27-26-,30-29-. The molecule has 0 fully saturated rings. The van der Waals surface area contributed by atoms with Crippen molar-refractivity contribution in [2.45, 2.75) is 251 Å². The lowest BCUT2D eigenvalue weighted by atomic mass is 10.0. The molecular formula is C58H108NO7P. The van der Waals surface area contributed by atoms with E-state index in [0.29, 0.717) is 24.1 Å². The number of nitrogens with zero attached hydrogens (tertiary/aromatic N) is 1. The van der Waals surface area contributed by atoms with E-state index in [4.69, 9.17) is 18.5 Å². The number of carbonyl (C=O) groups excluding carboxylic acids is 1. The lowest BCUT2D eigenvalue weighted by molar-refractivity contribution is -0.870. The van der Waals surface area contributed by atoms with E-state index in [-0.39, 0.29) is 25.8 Å². The summed E-state index contributed by atoms with van der Waals surface area (Å²) in [4.78, 5) is 25.2. The van der Waals surface area contributed by atoms with Gasteiger partial charge in [0.1, 0.15) is 19.3 Å². The first kappa shape index (κ1) is 65.2. The van der Waals surface area contributed by atoms with Crippen LogP contribution in [0.5, 0.6) is 0 Å². The van der Waals surface area contributed by atoms with Crippen LogP contribution in [0.1, 0.15) is 245 Å². The Labute approximate surface area is 415 Å². The number of unbranched alkanes of at least 4 members (excludes halogenated alkanes) is 28. The number of esters is 1. The normalized spacial score (nSPS) is 13.9. The third kappa shape index (κ3) is 55.0. The van der Waals surface area contributed by atoms with Crippen molar-refractivity contribution < 1.29 is 37.3 Å². The Bertz CT molecular complexity index is 1260. The third-order valence-corrected chi connectivity index (χ3v) is 13.0. The minimum atomic E-state index is -4.54. The van der Waals surface area contributed by atoms with Gasteiger partial charge in [-0.15, -0.1) is 0 Å². The van der Waals surface area contributed by atoms with Gasteiger partial charge in [-0.1, -0.05) is 242 Å². The van der Waals surface area contributed by atoms with Gasteiger partial charge < -0.3 is 27.9 Å². The maximum absolute atomic E-state index is 12.8. The summed E-state index contributed by atoms with van der Waals surface area (Å²) in [6.07, 6.45) is 65.4. The fourth-order valence-corrected chi connectivity index (χ4v) is 8.54. The number of carbonyl (C=O) groups is 1. The minimum Gasteiger partial charge on any atom is -0.756 e. The highest BCUT2D eigenvalue weighted by Crippen LogP contribution is 2.38. The molecule has 0 aromatic rings. The lowest BCUT2D eigenvalue weighted by Gasteiger charge is -2.28. The van der Waals surface area contributed by atoms with Gasteiger partial charge in [-0.25, -0.2) is 0 Å². The van der Waals surface area contributed by atoms with E-state index in [1.165, 1.54) is 161 Å². The summed E-state index contributed by atoms with van der Waals surface area (Å²) in [6.45, 7) is 5.33. The molecule has 0 bridgehead atoms. The summed E-state index contributed by atoms with van der Waals surface area (Å²) in [5, 5.41) is 0. The van der Waals surface area contributed by atoms with Gasteiger partial charge in [-0.2, -0.15) is 0 Å². The van der Waals surface area contributed by atoms with Gasteiger partial charge in [-0.3, -0.25) is 9.36 Å². The van der Waals surface area contributed by atoms with Crippen molar-refractivity contribution >= 4 is 13.8 Å². The van der Waals surface area contributed by atoms with Gasteiger partial charge in [0.2, 0.25) is 0 Å². The summed E-state index contributed by atoms with van der Waals surface area (Å²) in [6, 6.07) is 0. The van der Waals surface area contributed by atoms with Crippen LogP contribution >= 0.6 is 7.82 Å². The molecule has 9 heteroatoms. The van der Waals surface area contributed by atoms with Crippen molar-refractivity contribution in [1.82, 2.24) is 0 Å². The second-order valence-corrected chi connectivity index (χ2v) is 21.3. The van der Waals surface area contributed by atoms with Crippen LogP contribution in [0.2, 0.25) is 0 Å². The third-order valence-electron chi connectivity index (χ3n) is 12.1. The number of phosphoric ester groups is 1. The van der Waals surface area contributed by atoms with Crippen LogP contribution in [-0.2, 0) is 27.9 Å². The first-order chi connectivity index (χ1) is 32.6. The summed E-state index contributed by atoms with van der Waals surface area (Å²) in [5.74, 6) is -0.332. The molecule has 67 heavy (non-hydrogen) atoms. The maximum atomic E-state index is 12.8. The molecule has 0 amide bonds. The zero-order valence-electron chi connectivity index (χ0n) is 44.6. The molecule has 0 aliphatic rings. The van der Waals surface area contributed by atoms with Gasteiger partial charge in [-0.05, 0) is 57.8 Å². The van der Waals surface area contributed by atoms with Gasteiger partial charge in [0, 0.05) is 13.0 Å². The molecule has 8 nitrogen and oxygen atoms in total. The number of ether oxygens (including phenoxy) is 2. The smallest absolute Gasteiger partial charge is 0.306 e. The van der Waals surface area contributed by atoms with Crippen LogP contribution in [0.25, 0.3) is 0 Å². The molecule has 0 aliphatic heterocycles. The highest BCUT2D eigenvalue weighted by Gasteiger charge is 2.20. The minimum absolute atomic E-state index is 0.0249. The van der Waals surface area contributed by atoms with E-state index in [1.54, 1.807) is 0 Å². The Morgan fingerprint density at radius 2 is 0.866 bits per heavy atom. The van der Waals surface area contributed by atoms with Crippen molar-refractivity contribution in [2.24, 2.45) is 0 Å². The monoisotopic (exact) mass is 962 g/mol. The van der Waals surface area contributed by atoms with E-state index in [2.05, 4.69) is 74.6 Å². The van der Waals surface area contributed by atoms with Gasteiger partial charge >= 0.3 is 5.97 Å². The molecule has 0 saturated carbocycles. The molecule has 0 aromatic carbocycles. The first-order valence-corrected chi connectivity index (χ1v) is 29.5. The topological polar surface area (TPSA) is 94.1 Å². The maximum Gasteiger partial charge on any atom is 0.306 e. The van der Waals surface area contributed by atoms with Gasteiger partial charge in [0.15, 0.2) is 0 Å². The largest absolute Gasteiger partial charge is 0.756 e. The molecule has 0 aliphatic carbocycles. The number of phosphoric acid groups is 1. The Hall–Kier alpha value is -1.80. The molecule has 0 radical (unpaired) electrons. The second-order valence-electron chi connectivity index (χ2n) is 19.9. The summed E-state index contributed by atoms with van der Waals surface area (Å²) < 4.78 is 34.8. The number of likely N-dealkylation sites (N-methyl/N-ethyl adjacent to an activating group) is 1. The zero-order chi connectivity index (χ0) is 49.0. The number of hydrogen-bond acceptors (Lipinski definition) is 7. The van der Waals surface area contributed by atoms with Crippen LogP contribution in [0.4, 0.5) is 0 Å². The lowest BCUT2D eigenvalue weighted by Crippen LogP contribution is -2.37. The highest BCUT2D eigenvalue weighted by atomic mass is 31.2. The van der Waals surface area contributed by atoms with E-state index >= 15 is 0 Å². The zero-order valence-corrected chi connectivity index (χ0v) is 45.5. The van der Waals surface area contributed by atoms with Crippen LogP contribution in [0.3, 0.4) is 0 Å². The van der Waals surface area contributed by atoms with E-state index < -0.39 is 13.9 Å². The summed E-state index contributed by atoms with van der Waals surface area (Å²) >= 11 is 0. The molecule has 2 unspecified atom stereocenters. The molecule has 0 N–H and O–H groups in total. The predicted molar refractivity (Wildman–Crippen MR) is 286 cm³/mol. The molecule has 0 spiro atoms. The van der Waals surface area contributed by atoms with Gasteiger partial charge in [0.05, 0.1) is 34.4 Å². The quantitative estimate of drug-likeness (QED) is 0.0197. The fraction of sp³-hybridized carbons (Fsp3) is 0.810. The van der Waals surface area contributed by atoms with E-state index in [0.717, 1.165) is 64.2 Å². The summed E-state index contributed by atoms with van der Waals surface area (Å²) in [7, 11) is 1.36. The van der Waals surface area contributed by atoms with E-state index in [9.17, 15) is 14.3 Å². The number of quaternary nitrogens is 1. The van der Waals surface area contributed by atoms with Crippen molar-refractivity contribution in [3.63, 3.8) is 0 Å². The Kier molecular flexibility index (Phi) is 49.2. The number of rotatable bonds is 52. The molecule has 0 heterocycles. The van der Waals surface area contributed by atoms with Crippen molar-refractivity contribution in [3.8, 4) is 0 Å². The average molecular weight is 962 g/mol. The second kappa shape index (κ2) is 50.6. The number of allylic oxidation sites excluding steroid dienone is 10. The SMILES string of the molecule is CC/C=C\C/C=C\C/C=C\C/C=C\C/C=C\CCCCCCCCCCCCOCC(COP(=O)([O-])OCC[N+](C)(C)C)OC(=O)CCCCCCCCCCCCCCCCCCCCC. The predicted octanol–water partition coefficient (Wildman–Crippen LogP) is 17.0. The summed E-state index contributed by atoms with van der Waals surface area (Å²) in [5.41, 5.74) is 0. The van der Waals surface area contributed by atoms with Crippen LogP contribution in [0, 0.1) is 0 Å². The van der Waals surface area contributed by atoms with Crippen molar-refractivity contribution in [3.05, 3.63) is 60.8 Å². The fourth-order valence-electron chi connectivity index (χ4n) is 7.81. The Balaban J connectivity index is 4.08. The molecule has 392 valence electrons. The average Bonchev–Trinajstić information content (AvgIpc) is 3.29. The molecule has 0 rings (SSSR count). The van der Waals surface area contributed by atoms with Crippen molar-refractivity contribution in [2.75, 3.05) is 54.1 Å². The molecule has 2 atom stereocenters. The molecule has 0 saturated heterocycles. The Morgan fingerprint density at radius 3 is 1.30 bits per heavy atom. The molecule has 0 aromatic heterocycles. The van der Waals surface area contributed by atoms with Crippen LogP contribution < -0.4 is 4.89 Å². The van der Waals surface area contributed by atoms with Crippen molar-refractivity contribution in [1.29, 1.82) is 0 Å². The first-order valence-electron chi connectivity index (χ1n) is 28.0. The number of hydrogen-bond donors (Lipinski definition) is 0. The van der Waals surface area contributed by atoms with Crippen LogP contribution in [-0.4, -0.2) is 70.7 Å². The molecular weight excluding hydrogens is 854 g/mol.